The van der Waals surface area contributed by atoms with E-state index in [4.69, 9.17) is 17.3 Å². The lowest BCUT2D eigenvalue weighted by Crippen LogP contribution is -2.27. The van der Waals surface area contributed by atoms with Gasteiger partial charge in [-0.05, 0) is 42.8 Å². The van der Waals surface area contributed by atoms with Crippen LogP contribution in [-0.2, 0) is 0 Å². The van der Waals surface area contributed by atoms with Crippen LogP contribution in [-0.4, -0.2) is 5.91 Å². The van der Waals surface area contributed by atoms with Crippen LogP contribution >= 0.6 is 11.6 Å². The van der Waals surface area contributed by atoms with Crippen molar-refractivity contribution in [1.29, 1.82) is 0 Å². The second-order valence-corrected chi connectivity index (χ2v) is 4.92. The lowest BCUT2D eigenvalue weighted by Gasteiger charge is -2.15. The van der Waals surface area contributed by atoms with Crippen LogP contribution in [0.3, 0.4) is 0 Å². The lowest BCUT2D eigenvalue weighted by atomic mass is 10.1. The largest absolute Gasteiger partial charge is 0.399 e. The SMILES string of the molecule is CC(NC(=O)c1ccc(Cl)cc1F)c1ccc(N)cc1. The predicted octanol–water partition coefficient (Wildman–Crippen LogP) is 3.55. The monoisotopic (exact) mass is 292 g/mol. The molecule has 5 heteroatoms. The molecule has 20 heavy (non-hydrogen) atoms. The highest BCUT2D eigenvalue weighted by atomic mass is 35.5. The first kappa shape index (κ1) is 14.3. The van der Waals surface area contributed by atoms with Crippen LogP contribution in [0.4, 0.5) is 10.1 Å². The fourth-order valence-corrected chi connectivity index (χ4v) is 1.97. The minimum atomic E-state index is -0.639. The van der Waals surface area contributed by atoms with Crippen LogP contribution in [0.2, 0.25) is 5.02 Å². The zero-order valence-electron chi connectivity index (χ0n) is 10.9. The molecule has 0 saturated heterocycles. The maximum atomic E-state index is 13.6. The molecule has 2 aromatic rings. The number of benzene rings is 2. The number of nitrogens with two attached hydrogens (primary N) is 1. The summed E-state index contributed by atoms with van der Waals surface area (Å²) in [6.07, 6.45) is 0. The van der Waals surface area contributed by atoms with E-state index in [1.807, 2.05) is 19.1 Å². The van der Waals surface area contributed by atoms with Crippen molar-refractivity contribution in [3.05, 3.63) is 64.4 Å². The van der Waals surface area contributed by atoms with Gasteiger partial charge in [0.2, 0.25) is 0 Å². The van der Waals surface area contributed by atoms with Gasteiger partial charge >= 0.3 is 0 Å². The van der Waals surface area contributed by atoms with Crippen LogP contribution in [0, 0.1) is 5.82 Å². The van der Waals surface area contributed by atoms with E-state index in [0.29, 0.717) is 5.69 Å². The highest BCUT2D eigenvalue weighted by Gasteiger charge is 2.15. The van der Waals surface area contributed by atoms with Crippen molar-refractivity contribution in [2.24, 2.45) is 0 Å². The van der Waals surface area contributed by atoms with E-state index in [2.05, 4.69) is 5.32 Å². The molecule has 3 N–H and O–H groups in total. The van der Waals surface area contributed by atoms with Crippen LogP contribution in [0.25, 0.3) is 0 Å². The lowest BCUT2D eigenvalue weighted by molar-refractivity contribution is 0.0936. The summed E-state index contributed by atoms with van der Waals surface area (Å²) in [6, 6.07) is 10.8. The number of halogens is 2. The van der Waals surface area contributed by atoms with Crippen molar-refractivity contribution in [3.63, 3.8) is 0 Å². The van der Waals surface area contributed by atoms with Gasteiger partial charge in [0.15, 0.2) is 0 Å². The molecule has 2 aromatic carbocycles. The molecule has 0 aliphatic carbocycles. The highest BCUT2D eigenvalue weighted by molar-refractivity contribution is 6.30. The number of rotatable bonds is 3. The highest BCUT2D eigenvalue weighted by Crippen LogP contribution is 2.18. The van der Waals surface area contributed by atoms with Gasteiger partial charge in [0.05, 0.1) is 11.6 Å². The van der Waals surface area contributed by atoms with E-state index in [0.717, 1.165) is 11.6 Å². The van der Waals surface area contributed by atoms with Crippen molar-refractivity contribution < 1.29 is 9.18 Å². The molecule has 0 saturated carbocycles. The molecule has 0 radical (unpaired) electrons. The summed E-state index contributed by atoms with van der Waals surface area (Å²) in [4.78, 5) is 12.0. The summed E-state index contributed by atoms with van der Waals surface area (Å²) in [5.41, 5.74) is 7.11. The van der Waals surface area contributed by atoms with Gasteiger partial charge in [0.25, 0.3) is 5.91 Å². The first-order valence-electron chi connectivity index (χ1n) is 6.08. The third-order valence-corrected chi connectivity index (χ3v) is 3.19. The fraction of sp³-hybridized carbons (Fsp3) is 0.133. The van der Waals surface area contributed by atoms with Gasteiger partial charge in [0, 0.05) is 10.7 Å². The number of hydrogen-bond donors (Lipinski definition) is 2. The van der Waals surface area contributed by atoms with E-state index in [1.165, 1.54) is 12.1 Å². The Kier molecular flexibility index (Phi) is 4.25. The molecular weight excluding hydrogens is 279 g/mol. The van der Waals surface area contributed by atoms with Gasteiger partial charge in [-0.3, -0.25) is 4.79 Å². The molecule has 0 aliphatic heterocycles. The number of carbonyl (C=O) groups is 1. The molecule has 104 valence electrons. The van der Waals surface area contributed by atoms with Gasteiger partial charge in [-0.25, -0.2) is 4.39 Å². The molecule has 1 atom stereocenters. The summed E-state index contributed by atoms with van der Waals surface area (Å²) < 4.78 is 13.6. The van der Waals surface area contributed by atoms with Gasteiger partial charge in [-0.1, -0.05) is 23.7 Å². The topological polar surface area (TPSA) is 55.1 Å². The molecule has 0 spiro atoms. The molecule has 3 nitrogen and oxygen atoms in total. The van der Waals surface area contributed by atoms with Gasteiger partial charge in [0.1, 0.15) is 5.82 Å². The quantitative estimate of drug-likeness (QED) is 0.850. The molecular formula is C15H14ClFN2O. The first-order valence-corrected chi connectivity index (χ1v) is 6.46. The average Bonchev–Trinajstić information content (AvgIpc) is 2.39. The third-order valence-electron chi connectivity index (χ3n) is 2.96. The van der Waals surface area contributed by atoms with Gasteiger partial charge in [-0.2, -0.15) is 0 Å². The minimum absolute atomic E-state index is 0.0308. The Morgan fingerprint density at radius 1 is 1.25 bits per heavy atom. The smallest absolute Gasteiger partial charge is 0.254 e. The molecule has 2 rings (SSSR count). The van der Waals surface area contributed by atoms with E-state index in [-0.39, 0.29) is 16.6 Å². The zero-order chi connectivity index (χ0) is 14.7. The third kappa shape index (κ3) is 3.27. The number of carbonyl (C=O) groups excluding carboxylic acids is 1. The number of amides is 1. The Labute approximate surface area is 121 Å². The van der Waals surface area contributed by atoms with Crippen molar-refractivity contribution in [3.8, 4) is 0 Å². The summed E-state index contributed by atoms with van der Waals surface area (Å²) in [6.45, 7) is 1.82. The zero-order valence-corrected chi connectivity index (χ0v) is 11.6. The van der Waals surface area contributed by atoms with E-state index in [9.17, 15) is 9.18 Å². The van der Waals surface area contributed by atoms with Crippen molar-refractivity contribution in [2.75, 3.05) is 5.73 Å². The Morgan fingerprint density at radius 3 is 2.50 bits per heavy atom. The number of hydrogen-bond acceptors (Lipinski definition) is 2. The maximum absolute atomic E-state index is 13.6. The van der Waals surface area contributed by atoms with Gasteiger partial charge in [-0.15, -0.1) is 0 Å². The fourth-order valence-electron chi connectivity index (χ4n) is 1.82. The molecule has 1 unspecified atom stereocenters. The van der Waals surface area contributed by atoms with Crippen LogP contribution in [0.1, 0.15) is 28.9 Å². The molecule has 0 bridgehead atoms. The van der Waals surface area contributed by atoms with Crippen LogP contribution < -0.4 is 11.1 Å². The standard InChI is InChI=1S/C15H14ClFN2O/c1-9(10-2-5-12(18)6-3-10)19-15(20)13-7-4-11(16)8-14(13)17/h2-9H,18H2,1H3,(H,19,20). The van der Waals surface area contributed by atoms with E-state index < -0.39 is 11.7 Å². The molecule has 0 fully saturated rings. The summed E-state index contributed by atoms with van der Waals surface area (Å²) in [5.74, 6) is -1.12. The minimum Gasteiger partial charge on any atom is -0.399 e. The maximum Gasteiger partial charge on any atom is 0.254 e. The van der Waals surface area contributed by atoms with Crippen molar-refractivity contribution in [1.82, 2.24) is 5.32 Å². The second-order valence-electron chi connectivity index (χ2n) is 4.49. The summed E-state index contributed by atoms with van der Waals surface area (Å²) in [7, 11) is 0. The Balaban J connectivity index is 2.13. The summed E-state index contributed by atoms with van der Waals surface area (Å²) >= 11 is 5.65. The predicted molar refractivity (Wildman–Crippen MR) is 78.1 cm³/mol. The molecule has 1 amide bonds. The number of nitrogens with one attached hydrogen (secondary N) is 1. The Morgan fingerprint density at radius 2 is 1.90 bits per heavy atom. The average molecular weight is 293 g/mol. The Bertz CT molecular complexity index is 628. The second kappa shape index (κ2) is 5.92. The number of nitrogen functional groups attached to an aromatic ring is 1. The van der Waals surface area contributed by atoms with E-state index >= 15 is 0 Å². The number of anilines is 1. The van der Waals surface area contributed by atoms with Crippen LogP contribution in [0.15, 0.2) is 42.5 Å². The Hall–Kier alpha value is -2.07. The van der Waals surface area contributed by atoms with Crippen molar-refractivity contribution >= 4 is 23.2 Å². The van der Waals surface area contributed by atoms with Gasteiger partial charge < -0.3 is 11.1 Å². The molecule has 0 aromatic heterocycles. The first-order chi connectivity index (χ1) is 9.47. The molecule has 0 heterocycles. The summed E-state index contributed by atoms with van der Waals surface area (Å²) in [5, 5.41) is 2.98. The van der Waals surface area contributed by atoms with Crippen LogP contribution in [0.5, 0.6) is 0 Å². The van der Waals surface area contributed by atoms with E-state index in [1.54, 1.807) is 12.1 Å². The normalized spacial score (nSPS) is 11.9. The molecule has 0 aliphatic rings. The van der Waals surface area contributed by atoms with Crippen molar-refractivity contribution in [2.45, 2.75) is 13.0 Å².